The first kappa shape index (κ1) is 16.4. The highest BCUT2D eigenvalue weighted by molar-refractivity contribution is 7.91. The molecule has 0 radical (unpaired) electrons. The minimum atomic E-state index is -3.03. The van der Waals surface area contributed by atoms with E-state index in [1.807, 2.05) is 0 Å². The van der Waals surface area contributed by atoms with Crippen LogP contribution in [0.2, 0.25) is 0 Å². The molecule has 0 unspecified atom stereocenters. The van der Waals surface area contributed by atoms with Crippen LogP contribution in [-0.2, 0) is 14.6 Å². The highest BCUT2D eigenvalue weighted by Gasteiger charge is 2.30. The van der Waals surface area contributed by atoms with E-state index in [0.29, 0.717) is 18.1 Å². The quantitative estimate of drug-likeness (QED) is 0.848. The fraction of sp³-hybridized carbons (Fsp3) is 0.400. The smallest absolute Gasteiger partial charge is 0.261 e. The summed E-state index contributed by atoms with van der Waals surface area (Å²) in [7, 11) is -3.03. The molecule has 128 valence electrons. The van der Waals surface area contributed by atoms with Crippen LogP contribution in [0, 0.1) is 0 Å². The zero-order valence-corrected chi connectivity index (χ0v) is 13.8. The van der Waals surface area contributed by atoms with E-state index in [1.54, 1.807) is 31.2 Å². The molecule has 3 rings (SSSR count). The molecule has 8 nitrogen and oxygen atoms in total. The van der Waals surface area contributed by atoms with Crippen molar-refractivity contribution in [2.75, 3.05) is 11.5 Å². The SMILES string of the molecule is C[C@@H](Oc1ccc(-c2nnco2)cc1)C(=O)N[C@@H]1CCS(=O)(=O)C1. The largest absolute Gasteiger partial charge is 0.481 e. The third-order valence-corrected chi connectivity index (χ3v) is 5.49. The van der Waals surface area contributed by atoms with Crippen molar-refractivity contribution in [2.45, 2.75) is 25.5 Å². The fourth-order valence-electron chi connectivity index (χ4n) is 2.46. The topological polar surface area (TPSA) is 111 Å². The maximum atomic E-state index is 12.1. The molecule has 1 aromatic carbocycles. The predicted octanol–water partition coefficient (Wildman–Crippen LogP) is 0.807. The number of aromatic nitrogens is 2. The minimum Gasteiger partial charge on any atom is -0.481 e. The summed E-state index contributed by atoms with van der Waals surface area (Å²) in [6.45, 7) is 1.62. The first-order chi connectivity index (χ1) is 11.4. The minimum absolute atomic E-state index is 0.00958. The number of rotatable bonds is 5. The first-order valence-electron chi connectivity index (χ1n) is 7.47. The van der Waals surface area contributed by atoms with Crippen LogP contribution in [0.3, 0.4) is 0 Å². The van der Waals surface area contributed by atoms with Gasteiger partial charge in [-0.1, -0.05) is 0 Å². The van der Waals surface area contributed by atoms with Crippen molar-refractivity contribution in [2.24, 2.45) is 0 Å². The van der Waals surface area contributed by atoms with Gasteiger partial charge in [-0.15, -0.1) is 10.2 Å². The summed E-state index contributed by atoms with van der Waals surface area (Å²) < 4.78 is 33.5. The molecule has 1 aliphatic heterocycles. The summed E-state index contributed by atoms with van der Waals surface area (Å²) in [4.78, 5) is 12.1. The Bertz CT molecular complexity index is 802. The maximum Gasteiger partial charge on any atom is 0.261 e. The van der Waals surface area contributed by atoms with Crippen molar-refractivity contribution < 1.29 is 22.4 Å². The molecule has 0 saturated carbocycles. The summed E-state index contributed by atoms with van der Waals surface area (Å²) in [5.74, 6) is 0.682. The average molecular weight is 351 g/mol. The van der Waals surface area contributed by atoms with Gasteiger partial charge in [-0.25, -0.2) is 8.42 Å². The molecule has 1 amide bonds. The number of nitrogens with zero attached hydrogens (tertiary/aromatic N) is 2. The van der Waals surface area contributed by atoms with Crippen LogP contribution < -0.4 is 10.1 Å². The molecule has 1 aromatic heterocycles. The van der Waals surface area contributed by atoms with Crippen LogP contribution in [0.5, 0.6) is 5.75 Å². The molecule has 2 heterocycles. The molecule has 9 heteroatoms. The van der Waals surface area contributed by atoms with Crippen LogP contribution >= 0.6 is 0 Å². The van der Waals surface area contributed by atoms with E-state index >= 15 is 0 Å². The zero-order chi connectivity index (χ0) is 17.2. The van der Waals surface area contributed by atoms with Crippen LogP contribution in [-0.4, -0.2) is 48.2 Å². The highest BCUT2D eigenvalue weighted by Crippen LogP contribution is 2.21. The second-order valence-corrected chi connectivity index (χ2v) is 7.87. The Balaban J connectivity index is 1.56. The molecular formula is C15H17N3O5S. The number of ether oxygens (including phenoxy) is 1. The third kappa shape index (κ3) is 3.91. The first-order valence-corrected chi connectivity index (χ1v) is 9.29. The predicted molar refractivity (Wildman–Crippen MR) is 85.0 cm³/mol. The van der Waals surface area contributed by atoms with E-state index < -0.39 is 15.9 Å². The lowest BCUT2D eigenvalue weighted by molar-refractivity contribution is -0.127. The molecule has 1 aliphatic rings. The lowest BCUT2D eigenvalue weighted by atomic mass is 10.2. The van der Waals surface area contributed by atoms with Gasteiger partial charge < -0.3 is 14.5 Å². The van der Waals surface area contributed by atoms with Gasteiger partial charge in [0, 0.05) is 11.6 Å². The second-order valence-electron chi connectivity index (χ2n) is 5.64. The van der Waals surface area contributed by atoms with Gasteiger partial charge in [-0.3, -0.25) is 4.79 Å². The van der Waals surface area contributed by atoms with Gasteiger partial charge in [0.05, 0.1) is 11.5 Å². The molecule has 0 aliphatic carbocycles. The van der Waals surface area contributed by atoms with E-state index in [9.17, 15) is 13.2 Å². The molecule has 1 N–H and O–H groups in total. The van der Waals surface area contributed by atoms with Crippen LogP contribution in [0.15, 0.2) is 35.1 Å². The molecule has 0 spiro atoms. The molecule has 0 bridgehead atoms. The Morgan fingerprint density at radius 1 is 1.38 bits per heavy atom. The third-order valence-electron chi connectivity index (χ3n) is 3.72. The number of carbonyl (C=O) groups is 1. The summed E-state index contributed by atoms with van der Waals surface area (Å²) in [6.07, 6.45) is 0.956. The maximum absolute atomic E-state index is 12.1. The van der Waals surface area contributed by atoms with E-state index in [-0.39, 0.29) is 23.5 Å². The highest BCUT2D eigenvalue weighted by atomic mass is 32.2. The van der Waals surface area contributed by atoms with Gasteiger partial charge in [-0.05, 0) is 37.6 Å². The van der Waals surface area contributed by atoms with Gasteiger partial charge in [0.1, 0.15) is 5.75 Å². The van der Waals surface area contributed by atoms with Gasteiger partial charge in [0.2, 0.25) is 12.3 Å². The van der Waals surface area contributed by atoms with Crippen molar-refractivity contribution >= 4 is 15.7 Å². The van der Waals surface area contributed by atoms with Gasteiger partial charge in [-0.2, -0.15) is 0 Å². The number of hydrogen-bond donors (Lipinski definition) is 1. The Hall–Kier alpha value is -2.42. The van der Waals surface area contributed by atoms with Crippen molar-refractivity contribution in [1.82, 2.24) is 15.5 Å². The van der Waals surface area contributed by atoms with Crippen LogP contribution in [0.4, 0.5) is 0 Å². The standard InChI is InChI=1S/C15H17N3O5S/c1-10(14(19)17-12-6-7-24(20,21)8-12)23-13-4-2-11(3-5-13)15-18-16-9-22-15/h2-5,9-10,12H,6-8H2,1H3,(H,17,19)/t10-,12-/m1/s1. The van der Waals surface area contributed by atoms with Crippen molar-refractivity contribution in [3.63, 3.8) is 0 Å². The Kier molecular flexibility index (Phi) is 4.52. The van der Waals surface area contributed by atoms with Crippen LogP contribution in [0.1, 0.15) is 13.3 Å². The lowest BCUT2D eigenvalue weighted by Crippen LogP contribution is -2.43. The number of hydrogen-bond acceptors (Lipinski definition) is 7. The number of sulfone groups is 1. The van der Waals surface area contributed by atoms with Crippen molar-refractivity contribution in [3.05, 3.63) is 30.7 Å². The fourth-order valence-corrected chi connectivity index (χ4v) is 4.13. The number of amides is 1. The second kappa shape index (κ2) is 6.60. The van der Waals surface area contributed by atoms with Crippen LogP contribution in [0.25, 0.3) is 11.5 Å². The zero-order valence-electron chi connectivity index (χ0n) is 13.0. The van der Waals surface area contributed by atoms with Gasteiger partial charge in [0.15, 0.2) is 15.9 Å². The van der Waals surface area contributed by atoms with Gasteiger partial charge >= 0.3 is 0 Å². The number of carbonyl (C=O) groups excluding carboxylic acids is 1. The lowest BCUT2D eigenvalue weighted by Gasteiger charge is -2.17. The Morgan fingerprint density at radius 3 is 2.71 bits per heavy atom. The molecule has 1 saturated heterocycles. The van der Waals surface area contributed by atoms with Crippen molar-refractivity contribution in [1.29, 1.82) is 0 Å². The molecule has 24 heavy (non-hydrogen) atoms. The molecular weight excluding hydrogens is 334 g/mol. The summed E-state index contributed by atoms with van der Waals surface area (Å²) >= 11 is 0. The number of benzene rings is 1. The summed E-state index contributed by atoms with van der Waals surface area (Å²) in [5.41, 5.74) is 0.744. The molecule has 2 aromatic rings. The monoisotopic (exact) mass is 351 g/mol. The van der Waals surface area contributed by atoms with E-state index in [1.165, 1.54) is 6.39 Å². The molecule has 1 fully saturated rings. The van der Waals surface area contributed by atoms with E-state index in [4.69, 9.17) is 9.15 Å². The summed E-state index contributed by atoms with van der Waals surface area (Å²) in [5, 5.41) is 10.1. The Morgan fingerprint density at radius 2 is 2.12 bits per heavy atom. The van der Waals surface area contributed by atoms with E-state index in [2.05, 4.69) is 15.5 Å². The number of nitrogens with one attached hydrogen (secondary N) is 1. The normalized spacial score (nSPS) is 20.5. The average Bonchev–Trinajstić information content (AvgIpc) is 3.18. The van der Waals surface area contributed by atoms with Crippen molar-refractivity contribution in [3.8, 4) is 17.2 Å². The van der Waals surface area contributed by atoms with E-state index in [0.717, 1.165) is 5.56 Å². The van der Waals surface area contributed by atoms with Gasteiger partial charge in [0.25, 0.3) is 5.91 Å². The summed E-state index contributed by atoms with van der Waals surface area (Å²) in [6, 6.07) is 6.55. The Labute approximate surface area is 139 Å². The molecule has 2 atom stereocenters.